The van der Waals surface area contributed by atoms with Crippen molar-refractivity contribution in [2.45, 2.75) is 45.2 Å². The fraction of sp³-hybridized carbons (Fsp3) is 0.750. The summed E-state index contributed by atoms with van der Waals surface area (Å²) in [4.78, 5) is 35.1. The molecule has 0 aliphatic carbocycles. The van der Waals surface area contributed by atoms with E-state index in [1.807, 2.05) is 0 Å². The van der Waals surface area contributed by atoms with Gasteiger partial charge in [0.2, 0.25) is 5.91 Å². The van der Waals surface area contributed by atoms with Crippen molar-refractivity contribution in [1.82, 2.24) is 10.2 Å². The molecule has 1 unspecified atom stereocenters. The second kappa shape index (κ2) is 9.13. The predicted octanol–water partition coefficient (Wildman–Crippen LogP) is -0.492. The number of carbonyl (C=O) groups excluding carboxylic acids is 2. The number of aliphatic carboxylic acids is 1. The Balaban J connectivity index is 4.61. The summed E-state index contributed by atoms with van der Waals surface area (Å²) in [6.45, 7) is 3.84. The number of nitrogens with one attached hydrogen (secondary N) is 1. The van der Waals surface area contributed by atoms with E-state index >= 15 is 0 Å². The summed E-state index contributed by atoms with van der Waals surface area (Å²) in [5.74, 6) is -1.84. The fourth-order valence-corrected chi connectivity index (χ4v) is 1.61. The van der Waals surface area contributed by atoms with Crippen molar-refractivity contribution in [3.05, 3.63) is 0 Å². The molecule has 5 N–H and O–H groups in total. The SMILES string of the molecule is CC(C)N(CCCO)C(=O)NC(CCC(N)=O)C(=O)O. The van der Waals surface area contributed by atoms with E-state index in [4.69, 9.17) is 15.9 Å². The van der Waals surface area contributed by atoms with Crippen LogP contribution in [0.2, 0.25) is 0 Å². The molecule has 0 saturated heterocycles. The number of nitrogens with zero attached hydrogens (tertiary/aromatic N) is 1. The largest absolute Gasteiger partial charge is 0.480 e. The maximum Gasteiger partial charge on any atom is 0.326 e. The molecule has 0 aliphatic rings. The number of aliphatic hydroxyl groups excluding tert-OH is 1. The highest BCUT2D eigenvalue weighted by atomic mass is 16.4. The lowest BCUT2D eigenvalue weighted by atomic mass is 10.1. The van der Waals surface area contributed by atoms with Crippen molar-refractivity contribution < 1.29 is 24.6 Å². The summed E-state index contributed by atoms with van der Waals surface area (Å²) >= 11 is 0. The Bertz CT molecular complexity index is 346. The lowest BCUT2D eigenvalue weighted by Gasteiger charge is -2.28. The van der Waals surface area contributed by atoms with E-state index in [1.54, 1.807) is 13.8 Å². The van der Waals surface area contributed by atoms with Crippen LogP contribution in [0.25, 0.3) is 0 Å². The zero-order valence-corrected chi connectivity index (χ0v) is 11.8. The maximum absolute atomic E-state index is 12.0. The van der Waals surface area contributed by atoms with Gasteiger partial charge in [-0.2, -0.15) is 0 Å². The summed E-state index contributed by atoms with van der Waals surface area (Å²) < 4.78 is 0. The van der Waals surface area contributed by atoms with Gasteiger partial charge in [-0.25, -0.2) is 9.59 Å². The average Bonchev–Trinajstić information content (AvgIpc) is 2.33. The highest BCUT2D eigenvalue weighted by Gasteiger charge is 2.24. The van der Waals surface area contributed by atoms with Gasteiger partial charge in [0.05, 0.1) is 0 Å². The normalized spacial score (nSPS) is 12.0. The van der Waals surface area contributed by atoms with Crippen LogP contribution in [-0.4, -0.2) is 58.3 Å². The van der Waals surface area contributed by atoms with E-state index in [1.165, 1.54) is 4.90 Å². The summed E-state index contributed by atoms with van der Waals surface area (Å²) in [6.07, 6.45) is 0.239. The number of hydrogen-bond acceptors (Lipinski definition) is 4. The Morgan fingerprint density at radius 2 is 1.90 bits per heavy atom. The molecule has 0 saturated carbocycles. The standard InChI is InChI=1S/C12H23N3O5/c1-8(2)15(6-3-7-16)12(20)14-9(11(18)19)4-5-10(13)17/h8-9,16H,3-7H2,1-2H3,(H2,13,17)(H,14,20)(H,18,19). The third-order valence-electron chi connectivity index (χ3n) is 2.72. The molecular weight excluding hydrogens is 266 g/mol. The Morgan fingerprint density at radius 1 is 1.30 bits per heavy atom. The fourth-order valence-electron chi connectivity index (χ4n) is 1.61. The topological polar surface area (TPSA) is 133 Å². The molecule has 3 amide bonds. The van der Waals surface area contributed by atoms with Crippen molar-refractivity contribution in [1.29, 1.82) is 0 Å². The Labute approximate surface area is 117 Å². The van der Waals surface area contributed by atoms with E-state index < -0.39 is 23.9 Å². The highest BCUT2D eigenvalue weighted by molar-refractivity contribution is 5.83. The van der Waals surface area contributed by atoms with E-state index in [0.29, 0.717) is 13.0 Å². The molecule has 0 rings (SSSR count). The Morgan fingerprint density at radius 3 is 2.30 bits per heavy atom. The third-order valence-corrected chi connectivity index (χ3v) is 2.72. The summed E-state index contributed by atoms with van der Waals surface area (Å²) in [6, 6.07) is -1.83. The number of primary amides is 1. The van der Waals surface area contributed by atoms with E-state index in [2.05, 4.69) is 5.32 Å². The second-order valence-corrected chi connectivity index (χ2v) is 4.71. The van der Waals surface area contributed by atoms with Gasteiger partial charge in [-0.1, -0.05) is 0 Å². The zero-order chi connectivity index (χ0) is 15.7. The van der Waals surface area contributed by atoms with Crippen LogP contribution in [0.1, 0.15) is 33.1 Å². The van der Waals surface area contributed by atoms with Crippen LogP contribution in [0.15, 0.2) is 0 Å². The van der Waals surface area contributed by atoms with Gasteiger partial charge in [0.1, 0.15) is 6.04 Å². The molecule has 0 heterocycles. The number of carboxylic acids is 1. The molecule has 20 heavy (non-hydrogen) atoms. The molecule has 0 aliphatic heterocycles. The number of urea groups is 1. The third kappa shape index (κ3) is 6.93. The van der Waals surface area contributed by atoms with Crippen LogP contribution in [0.3, 0.4) is 0 Å². The van der Waals surface area contributed by atoms with Crippen LogP contribution in [0, 0.1) is 0 Å². The van der Waals surface area contributed by atoms with Crippen molar-refractivity contribution in [2.75, 3.05) is 13.2 Å². The first-order chi connectivity index (χ1) is 9.29. The minimum Gasteiger partial charge on any atom is -0.480 e. The smallest absolute Gasteiger partial charge is 0.326 e. The van der Waals surface area contributed by atoms with Gasteiger partial charge in [0.25, 0.3) is 0 Å². The van der Waals surface area contributed by atoms with Crippen molar-refractivity contribution in [3.8, 4) is 0 Å². The maximum atomic E-state index is 12.0. The predicted molar refractivity (Wildman–Crippen MR) is 71.9 cm³/mol. The van der Waals surface area contributed by atoms with Crippen LogP contribution in [0.4, 0.5) is 4.79 Å². The second-order valence-electron chi connectivity index (χ2n) is 4.71. The number of hydrogen-bond donors (Lipinski definition) is 4. The molecule has 8 nitrogen and oxygen atoms in total. The Hall–Kier alpha value is -1.83. The van der Waals surface area contributed by atoms with E-state index in [-0.39, 0.29) is 25.5 Å². The number of amides is 3. The zero-order valence-electron chi connectivity index (χ0n) is 11.8. The summed E-state index contributed by atoms with van der Waals surface area (Å²) in [7, 11) is 0. The number of rotatable bonds is 9. The number of carbonyl (C=O) groups is 3. The van der Waals surface area contributed by atoms with Crippen LogP contribution >= 0.6 is 0 Å². The lowest BCUT2D eigenvalue weighted by molar-refractivity contribution is -0.139. The molecular formula is C12H23N3O5. The highest BCUT2D eigenvalue weighted by Crippen LogP contribution is 2.04. The molecule has 0 aromatic heterocycles. The average molecular weight is 289 g/mol. The van der Waals surface area contributed by atoms with Crippen molar-refractivity contribution in [3.63, 3.8) is 0 Å². The summed E-state index contributed by atoms with van der Waals surface area (Å²) in [5.41, 5.74) is 4.96. The monoisotopic (exact) mass is 289 g/mol. The molecule has 0 spiro atoms. The van der Waals surface area contributed by atoms with Gasteiger partial charge in [0, 0.05) is 25.6 Å². The quantitative estimate of drug-likeness (QED) is 0.454. The minimum atomic E-state index is -1.22. The van der Waals surface area contributed by atoms with Gasteiger partial charge in [-0.15, -0.1) is 0 Å². The molecule has 1 atom stereocenters. The molecule has 0 aromatic rings. The van der Waals surface area contributed by atoms with Gasteiger partial charge in [-0.3, -0.25) is 4.79 Å². The molecule has 8 heteroatoms. The van der Waals surface area contributed by atoms with Crippen LogP contribution in [0.5, 0.6) is 0 Å². The van der Waals surface area contributed by atoms with E-state index in [0.717, 1.165) is 0 Å². The van der Waals surface area contributed by atoms with Gasteiger partial charge >= 0.3 is 12.0 Å². The summed E-state index contributed by atoms with van der Waals surface area (Å²) in [5, 5.41) is 20.2. The lowest BCUT2D eigenvalue weighted by Crippen LogP contribution is -2.50. The first-order valence-corrected chi connectivity index (χ1v) is 6.48. The minimum absolute atomic E-state index is 0.0532. The first kappa shape index (κ1) is 18.2. The number of carboxylic acid groups (broad SMARTS) is 1. The molecule has 0 radical (unpaired) electrons. The number of aliphatic hydroxyl groups is 1. The van der Waals surface area contributed by atoms with Crippen LogP contribution in [-0.2, 0) is 9.59 Å². The van der Waals surface area contributed by atoms with Gasteiger partial charge in [0.15, 0.2) is 0 Å². The van der Waals surface area contributed by atoms with Gasteiger partial charge < -0.3 is 26.2 Å². The van der Waals surface area contributed by atoms with Crippen LogP contribution < -0.4 is 11.1 Å². The first-order valence-electron chi connectivity index (χ1n) is 6.48. The molecule has 0 aromatic carbocycles. The Kier molecular flexibility index (Phi) is 8.30. The van der Waals surface area contributed by atoms with Gasteiger partial charge in [-0.05, 0) is 26.7 Å². The number of nitrogens with two attached hydrogens (primary N) is 1. The van der Waals surface area contributed by atoms with E-state index in [9.17, 15) is 14.4 Å². The molecule has 0 fully saturated rings. The van der Waals surface area contributed by atoms with Crippen molar-refractivity contribution in [2.24, 2.45) is 5.73 Å². The molecule has 116 valence electrons. The van der Waals surface area contributed by atoms with Crippen molar-refractivity contribution >= 4 is 17.9 Å². The molecule has 0 bridgehead atoms.